The Balaban J connectivity index is 1.55. The second-order valence-electron chi connectivity index (χ2n) is 8.11. The van der Waals surface area contributed by atoms with Crippen molar-refractivity contribution in [3.05, 3.63) is 63.1 Å². The number of aryl methyl sites for hydroxylation is 1. The van der Waals surface area contributed by atoms with Gasteiger partial charge in [-0.15, -0.1) is 11.3 Å². The van der Waals surface area contributed by atoms with Gasteiger partial charge in [-0.3, -0.25) is 4.79 Å². The van der Waals surface area contributed by atoms with Gasteiger partial charge in [0.15, 0.2) is 11.5 Å². The van der Waals surface area contributed by atoms with Crippen LogP contribution in [-0.4, -0.2) is 36.6 Å². The molecule has 7 heteroatoms. The molecule has 1 aliphatic heterocycles. The van der Waals surface area contributed by atoms with Gasteiger partial charge in [-0.2, -0.15) is 0 Å². The van der Waals surface area contributed by atoms with Gasteiger partial charge in [0, 0.05) is 22.0 Å². The monoisotopic (exact) mass is 466 g/mol. The fourth-order valence-electron chi connectivity index (χ4n) is 4.51. The number of ether oxygens (including phenoxy) is 2. The first-order valence-electron chi connectivity index (χ1n) is 10.5. The number of methoxy groups -OCH3 is 2. The van der Waals surface area contributed by atoms with Crippen LogP contribution >= 0.6 is 22.9 Å². The van der Waals surface area contributed by atoms with E-state index < -0.39 is 0 Å². The summed E-state index contributed by atoms with van der Waals surface area (Å²) in [5.41, 5.74) is 4.26. The predicted octanol–water partition coefficient (Wildman–Crippen LogP) is 6.19. The number of pyridine rings is 1. The fraction of sp³-hybridized carbons (Fsp3) is 0.280. The summed E-state index contributed by atoms with van der Waals surface area (Å²) in [7, 11) is 3.26. The molecule has 4 aromatic rings. The lowest BCUT2D eigenvalue weighted by Crippen LogP contribution is -2.38. The third kappa shape index (κ3) is 3.29. The van der Waals surface area contributed by atoms with E-state index >= 15 is 0 Å². The Morgan fingerprint density at radius 2 is 1.88 bits per heavy atom. The summed E-state index contributed by atoms with van der Waals surface area (Å²) >= 11 is 7.97. The molecule has 5 nitrogen and oxygen atoms in total. The summed E-state index contributed by atoms with van der Waals surface area (Å²) in [6, 6.07) is 11.9. The van der Waals surface area contributed by atoms with Crippen molar-refractivity contribution >= 4 is 49.8 Å². The molecule has 0 bridgehead atoms. The molecule has 1 atom stereocenters. The topological polar surface area (TPSA) is 51.7 Å². The zero-order chi connectivity index (χ0) is 22.6. The van der Waals surface area contributed by atoms with Crippen molar-refractivity contribution in [1.82, 2.24) is 9.88 Å². The number of carbonyl (C=O) groups excluding carboxylic acids is 1. The number of halogens is 1. The molecule has 0 radical (unpaired) electrons. The van der Waals surface area contributed by atoms with Crippen molar-refractivity contribution in [3.8, 4) is 11.5 Å². The van der Waals surface area contributed by atoms with E-state index in [1.165, 1.54) is 16.9 Å². The van der Waals surface area contributed by atoms with Gasteiger partial charge in [0.05, 0.1) is 30.7 Å². The van der Waals surface area contributed by atoms with Crippen LogP contribution < -0.4 is 9.47 Å². The minimum atomic E-state index is -0.0798. The van der Waals surface area contributed by atoms with Crippen LogP contribution in [0.15, 0.2) is 36.4 Å². The fourth-order valence-corrected chi connectivity index (χ4v) is 5.94. The zero-order valence-corrected chi connectivity index (χ0v) is 19.9. The Morgan fingerprint density at radius 1 is 1.12 bits per heavy atom. The number of amides is 1. The third-order valence-electron chi connectivity index (χ3n) is 6.23. The molecule has 0 fully saturated rings. The van der Waals surface area contributed by atoms with Crippen molar-refractivity contribution < 1.29 is 14.3 Å². The second kappa shape index (κ2) is 7.94. The van der Waals surface area contributed by atoms with Crippen LogP contribution in [0.5, 0.6) is 11.5 Å². The first kappa shape index (κ1) is 21.0. The zero-order valence-electron chi connectivity index (χ0n) is 18.4. The van der Waals surface area contributed by atoms with Gasteiger partial charge in [-0.1, -0.05) is 23.2 Å². The maximum atomic E-state index is 13.6. The number of carbonyl (C=O) groups is 1. The predicted molar refractivity (Wildman–Crippen MR) is 130 cm³/mol. The van der Waals surface area contributed by atoms with Gasteiger partial charge in [0.25, 0.3) is 5.91 Å². The van der Waals surface area contributed by atoms with Gasteiger partial charge in [-0.25, -0.2) is 4.98 Å². The van der Waals surface area contributed by atoms with Gasteiger partial charge in [-0.05, 0) is 61.7 Å². The second-order valence-corrected chi connectivity index (χ2v) is 9.52. The van der Waals surface area contributed by atoms with Crippen LogP contribution in [0.4, 0.5) is 0 Å². The van der Waals surface area contributed by atoms with Crippen molar-refractivity contribution in [2.45, 2.75) is 26.3 Å². The third-order valence-corrected chi connectivity index (χ3v) is 7.67. The summed E-state index contributed by atoms with van der Waals surface area (Å²) in [5, 5.41) is 2.29. The Kier molecular flexibility index (Phi) is 5.22. The normalized spacial score (nSPS) is 15.8. The maximum Gasteiger partial charge on any atom is 0.264 e. The van der Waals surface area contributed by atoms with E-state index in [4.69, 9.17) is 21.1 Å². The molecule has 0 N–H and O–H groups in total. The first-order chi connectivity index (χ1) is 15.4. The molecule has 0 unspecified atom stereocenters. The minimum Gasteiger partial charge on any atom is -0.493 e. The molecule has 0 saturated carbocycles. The molecule has 164 valence electrons. The number of thiophene rings is 1. The highest BCUT2D eigenvalue weighted by Crippen LogP contribution is 2.40. The first-order valence-corrected chi connectivity index (χ1v) is 11.7. The van der Waals surface area contributed by atoms with E-state index in [9.17, 15) is 4.79 Å². The lowest BCUT2D eigenvalue weighted by atomic mass is 9.92. The molecule has 0 saturated heterocycles. The van der Waals surface area contributed by atoms with Gasteiger partial charge < -0.3 is 14.4 Å². The van der Waals surface area contributed by atoms with Gasteiger partial charge >= 0.3 is 0 Å². The lowest BCUT2D eigenvalue weighted by molar-refractivity contribution is 0.0682. The SMILES string of the molecule is COc1cc2c(cc1OC)[C@@H](C)N(C(=O)c1cc3c(Cl)nc4ccc(C)cc4c3s1)CC2. The number of aromatic nitrogens is 1. The van der Waals surface area contributed by atoms with Crippen molar-refractivity contribution in [2.24, 2.45) is 0 Å². The number of hydrogen-bond donors (Lipinski definition) is 0. The van der Waals surface area contributed by atoms with Gasteiger partial charge in [0.1, 0.15) is 5.15 Å². The average Bonchev–Trinajstić information content (AvgIpc) is 3.25. The number of nitrogens with zero attached hydrogens (tertiary/aromatic N) is 2. The molecule has 32 heavy (non-hydrogen) atoms. The van der Waals surface area contributed by atoms with Crippen LogP contribution in [0.1, 0.15) is 39.3 Å². The molecule has 0 aliphatic carbocycles. The number of fused-ring (bicyclic) bond motifs is 4. The largest absolute Gasteiger partial charge is 0.493 e. The van der Waals surface area contributed by atoms with E-state index in [-0.39, 0.29) is 11.9 Å². The summed E-state index contributed by atoms with van der Waals surface area (Å²) in [5.74, 6) is 1.40. The quantitative estimate of drug-likeness (QED) is 0.338. The molecular formula is C25H23ClN2O3S. The van der Waals surface area contributed by atoms with Crippen LogP contribution in [0.3, 0.4) is 0 Å². The Morgan fingerprint density at radius 3 is 2.62 bits per heavy atom. The molecule has 2 aromatic heterocycles. The molecule has 3 heterocycles. The van der Waals surface area contributed by atoms with Crippen molar-refractivity contribution in [1.29, 1.82) is 0 Å². The maximum absolute atomic E-state index is 13.6. The van der Waals surface area contributed by atoms with Crippen LogP contribution in [0.2, 0.25) is 5.15 Å². The molecular weight excluding hydrogens is 444 g/mol. The number of benzene rings is 2. The molecule has 0 spiro atoms. The summed E-state index contributed by atoms with van der Waals surface area (Å²) in [6.07, 6.45) is 0.765. The standard InChI is InChI=1S/C25H23ClN2O3S/c1-13-5-6-19-17(9-13)23-18(24(26)27-19)12-22(32-23)25(29)28-8-7-15-10-20(30-3)21(31-4)11-16(15)14(28)2/h5-6,9-12,14H,7-8H2,1-4H3/t14-/m1/s1. The minimum absolute atomic E-state index is 0.0102. The van der Waals surface area contributed by atoms with E-state index in [1.807, 2.05) is 35.2 Å². The molecule has 1 aliphatic rings. The lowest BCUT2D eigenvalue weighted by Gasteiger charge is -2.35. The van der Waals surface area contributed by atoms with E-state index in [2.05, 4.69) is 24.9 Å². The van der Waals surface area contributed by atoms with Crippen molar-refractivity contribution in [2.75, 3.05) is 20.8 Å². The molecule has 2 aromatic carbocycles. The highest BCUT2D eigenvalue weighted by atomic mass is 35.5. The van der Waals surface area contributed by atoms with E-state index in [1.54, 1.807) is 14.2 Å². The molecule has 1 amide bonds. The van der Waals surface area contributed by atoms with Crippen molar-refractivity contribution in [3.63, 3.8) is 0 Å². The van der Waals surface area contributed by atoms with Gasteiger partial charge in [0.2, 0.25) is 0 Å². The number of rotatable bonds is 3. The van der Waals surface area contributed by atoms with Crippen LogP contribution in [-0.2, 0) is 6.42 Å². The summed E-state index contributed by atoms with van der Waals surface area (Å²) in [6.45, 7) is 4.75. The Hall–Kier alpha value is -2.83. The average molecular weight is 467 g/mol. The summed E-state index contributed by atoms with van der Waals surface area (Å²) < 4.78 is 11.9. The highest BCUT2D eigenvalue weighted by Gasteiger charge is 2.31. The Labute approximate surface area is 195 Å². The molecule has 5 rings (SSSR count). The smallest absolute Gasteiger partial charge is 0.264 e. The highest BCUT2D eigenvalue weighted by molar-refractivity contribution is 7.21. The Bertz CT molecular complexity index is 1380. The number of hydrogen-bond acceptors (Lipinski definition) is 5. The van der Waals surface area contributed by atoms with Crippen LogP contribution in [0.25, 0.3) is 21.0 Å². The van der Waals surface area contributed by atoms with E-state index in [0.29, 0.717) is 28.1 Å². The van der Waals surface area contributed by atoms with Crippen LogP contribution in [0, 0.1) is 6.92 Å². The summed E-state index contributed by atoms with van der Waals surface area (Å²) in [4.78, 5) is 20.7. The van der Waals surface area contributed by atoms with E-state index in [0.717, 1.165) is 38.5 Å².